The summed E-state index contributed by atoms with van der Waals surface area (Å²) in [5.41, 5.74) is 0.262. The maximum absolute atomic E-state index is 14.5. The number of aliphatic hydroxyl groups is 1. The zero-order valence-electron chi connectivity index (χ0n) is 35.1. The predicted molar refractivity (Wildman–Crippen MR) is 216 cm³/mol. The molecule has 8 atom stereocenters. The molecule has 1 aliphatic heterocycles. The summed E-state index contributed by atoms with van der Waals surface area (Å²) < 4.78 is 5.68. The molecule has 3 unspecified atom stereocenters. The average Bonchev–Trinajstić information content (AvgIpc) is 3.76. The third-order valence-corrected chi connectivity index (χ3v) is 11.5. The van der Waals surface area contributed by atoms with Crippen molar-refractivity contribution >= 4 is 35.1 Å². The standard InChI is InChI=1S/C45H64N4O8/c1-9-14-30(41(53)38(52)23-32(44(56)57-45(6,7)8)21-29-15-11-10-12-16-29)22-37(51)40-33-18-13-17-31(33)26-49(40)43(55)39(28(4)5)48-42(54)34(27(2)3)24-36(50)35-25-46-19-20-47-35/h10-12,15-16,19-20,25,27-28,30-34,39-41,53H,9,13-14,17-18,21-24,26H2,1-8H3,(H,48,54)/t30?,31-,32+,33-,34-,39-,40?,41?/m0/s1. The summed E-state index contributed by atoms with van der Waals surface area (Å²) in [5, 5.41) is 14.5. The number of rotatable bonds is 20. The first-order valence-electron chi connectivity index (χ1n) is 20.8. The van der Waals surface area contributed by atoms with Crippen LogP contribution < -0.4 is 5.32 Å². The van der Waals surface area contributed by atoms with Crippen LogP contribution in [0.2, 0.25) is 0 Å². The monoisotopic (exact) mass is 788 g/mol. The van der Waals surface area contributed by atoms with Crippen LogP contribution in [0.1, 0.15) is 123 Å². The first kappa shape index (κ1) is 45.4. The molecule has 2 aliphatic rings. The molecule has 2 amide bonds. The Labute approximate surface area is 338 Å². The number of ketones is 3. The Morgan fingerprint density at radius 2 is 1.65 bits per heavy atom. The Morgan fingerprint density at radius 3 is 2.25 bits per heavy atom. The fourth-order valence-corrected chi connectivity index (χ4v) is 8.55. The third-order valence-electron chi connectivity index (χ3n) is 11.5. The van der Waals surface area contributed by atoms with Gasteiger partial charge in [-0.3, -0.25) is 33.8 Å². The van der Waals surface area contributed by atoms with Crippen molar-refractivity contribution in [2.24, 2.45) is 41.4 Å². The fourth-order valence-electron chi connectivity index (χ4n) is 8.55. The van der Waals surface area contributed by atoms with E-state index in [1.165, 1.54) is 18.6 Å². The quantitative estimate of drug-likeness (QED) is 0.120. The van der Waals surface area contributed by atoms with E-state index >= 15 is 0 Å². The van der Waals surface area contributed by atoms with Crippen molar-refractivity contribution in [3.05, 3.63) is 60.2 Å². The molecule has 12 heteroatoms. The van der Waals surface area contributed by atoms with Crippen molar-refractivity contribution in [1.29, 1.82) is 0 Å². The minimum absolute atomic E-state index is 0.0597. The van der Waals surface area contributed by atoms with Crippen molar-refractivity contribution in [3.63, 3.8) is 0 Å². The average molecular weight is 789 g/mol. The molecule has 2 N–H and O–H groups in total. The number of esters is 1. The van der Waals surface area contributed by atoms with E-state index in [0.29, 0.717) is 19.4 Å². The van der Waals surface area contributed by atoms with Gasteiger partial charge in [-0.25, -0.2) is 4.98 Å². The van der Waals surface area contributed by atoms with Gasteiger partial charge in [0.25, 0.3) is 0 Å². The smallest absolute Gasteiger partial charge is 0.310 e. The van der Waals surface area contributed by atoms with Gasteiger partial charge in [0, 0.05) is 44.1 Å². The highest BCUT2D eigenvalue weighted by atomic mass is 16.6. The van der Waals surface area contributed by atoms with Gasteiger partial charge in [-0.1, -0.05) is 77.8 Å². The number of aromatic nitrogens is 2. The van der Waals surface area contributed by atoms with Gasteiger partial charge < -0.3 is 20.1 Å². The highest BCUT2D eigenvalue weighted by Gasteiger charge is 2.51. The molecule has 2 heterocycles. The van der Waals surface area contributed by atoms with Crippen LogP contribution in [0.25, 0.3) is 0 Å². The van der Waals surface area contributed by atoms with Crippen LogP contribution in [0.3, 0.4) is 0 Å². The van der Waals surface area contributed by atoms with Gasteiger partial charge in [-0.15, -0.1) is 0 Å². The number of Topliss-reactive ketones (excluding diaryl/α,β-unsaturated/α-hetero) is 3. The molecule has 4 rings (SSSR count). The van der Waals surface area contributed by atoms with Crippen LogP contribution in [0, 0.1) is 41.4 Å². The molecule has 312 valence electrons. The highest BCUT2D eigenvalue weighted by Crippen LogP contribution is 2.44. The van der Waals surface area contributed by atoms with Crippen LogP contribution in [-0.4, -0.2) is 85.4 Å². The van der Waals surface area contributed by atoms with Crippen LogP contribution >= 0.6 is 0 Å². The van der Waals surface area contributed by atoms with E-state index in [1.54, 1.807) is 25.7 Å². The first-order chi connectivity index (χ1) is 26.9. The Bertz CT molecular complexity index is 1690. The number of likely N-dealkylation sites (tertiary alicyclic amines) is 1. The van der Waals surface area contributed by atoms with Gasteiger partial charge in [0.1, 0.15) is 23.4 Å². The number of carbonyl (C=O) groups excluding carboxylic acids is 6. The lowest BCUT2D eigenvalue weighted by Gasteiger charge is -2.34. The lowest BCUT2D eigenvalue weighted by atomic mass is 9.82. The van der Waals surface area contributed by atoms with E-state index in [0.717, 1.165) is 24.8 Å². The summed E-state index contributed by atoms with van der Waals surface area (Å²) in [6.45, 7) is 15.0. The largest absolute Gasteiger partial charge is 0.460 e. The zero-order chi connectivity index (χ0) is 42.0. The van der Waals surface area contributed by atoms with Crippen LogP contribution in [0.4, 0.5) is 0 Å². The van der Waals surface area contributed by atoms with Crippen LogP contribution in [0.5, 0.6) is 0 Å². The van der Waals surface area contributed by atoms with Gasteiger partial charge >= 0.3 is 5.97 Å². The van der Waals surface area contributed by atoms with Crippen molar-refractivity contribution in [2.75, 3.05) is 6.54 Å². The number of nitrogens with one attached hydrogen (secondary N) is 1. The zero-order valence-corrected chi connectivity index (χ0v) is 35.1. The molecule has 0 radical (unpaired) electrons. The van der Waals surface area contributed by atoms with Crippen molar-refractivity contribution in [3.8, 4) is 0 Å². The van der Waals surface area contributed by atoms with Crippen LogP contribution in [0.15, 0.2) is 48.9 Å². The Morgan fingerprint density at radius 1 is 0.947 bits per heavy atom. The molecule has 1 aromatic carbocycles. The van der Waals surface area contributed by atoms with Crippen molar-refractivity contribution in [2.45, 2.75) is 137 Å². The minimum atomic E-state index is -1.49. The number of fused-ring (bicyclic) bond motifs is 1. The summed E-state index contributed by atoms with van der Waals surface area (Å²) in [7, 11) is 0. The highest BCUT2D eigenvalue weighted by molar-refractivity contribution is 5.98. The Balaban J connectivity index is 1.51. The van der Waals surface area contributed by atoms with E-state index < -0.39 is 59.2 Å². The van der Waals surface area contributed by atoms with E-state index in [4.69, 9.17) is 4.74 Å². The van der Waals surface area contributed by atoms with Gasteiger partial charge in [-0.05, 0) is 81.6 Å². The number of amides is 2. The first-order valence-corrected chi connectivity index (χ1v) is 20.8. The maximum atomic E-state index is 14.5. The predicted octanol–water partition coefficient (Wildman–Crippen LogP) is 5.99. The molecule has 0 bridgehead atoms. The van der Waals surface area contributed by atoms with Crippen molar-refractivity contribution in [1.82, 2.24) is 20.2 Å². The van der Waals surface area contributed by atoms with Gasteiger partial charge in [-0.2, -0.15) is 0 Å². The molecular weight excluding hydrogens is 725 g/mol. The molecule has 2 aromatic rings. The topological polar surface area (TPSA) is 173 Å². The Hall–Kier alpha value is -4.32. The number of nitrogens with zero attached hydrogens (tertiary/aromatic N) is 3. The molecule has 1 saturated heterocycles. The lowest BCUT2D eigenvalue weighted by Crippen LogP contribution is -2.56. The Kier molecular flexibility index (Phi) is 16.2. The number of aliphatic hydroxyl groups excluding tert-OH is 1. The molecule has 0 spiro atoms. The lowest BCUT2D eigenvalue weighted by molar-refractivity contribution is -0.161. The van der Waals surface area contributed by atoms with E-state index in [1.807, 2.05) is 65.0 Å². The molecular formula is C45H64N4O8. The molecule has 1 saturated carbocycles. The molecule has 2 fully saturated rings. The molecule has 1 aromatic heterocycles. The number of carbonyl (C=O) groups is 6. The second kappa shape index (κ2) is 20.4. The van der Waals surface area contributed by atoms with E-state index in [-0.39, 0.29) is 72.5 Å². The number of ether oxygens (including phenoxy) is 1. The summed E-state index contributed by atoms with van der Waals surface area (Å²) in [6.07, 6.45) is 6.20. The summed E-state index contributed by atoms with van der Waals surface area (Å²) in [5.74, 6) is -5.05. The van der Waals surface area contributed by atoms with E-state index in [2.05, 4.69) is 15.3 Å². The van der Waals surface area contributed by atoms with Gasteiger partial charge in [0.2, 0.25) is 11.8 Å². The number of hydrogen-bond donors (Lipinski definition) is 2. The second-order valence-electron chi connectivity index (χ2n) is 17.8. The number of benzene rings is 1. The summed E-state index contributed by atoms with van der Waals surface area (Å²) >= 11 is 0. The van der Waals surface area contributed by atoms with Crippen LogP contribution in [-0.2, 0) is 35.1 Å². The van der Waals surface area contributed by atoms with Gasteiger partial charge in [0.15, 0.2) is 17.3 Å². The summed E-state index contributed by atoms with van der Waals surface area (Å²) in [6, 6.07) is 7.65. The SMILES string of the molecule is CCCC(CC(=O)C1[C@H]2CCC[C@H]2CN1C(=O)[C@@H](NC(=O)[C@@H](CC(=O)c1cnccn1)C(C)C)C(C)C)C(O)C(=O)C[C@@H](Cc1ccccc1)C(=O)OC(C)(C)C. The number of hydrogen-bond acceptors (Lipinski definition) is 10. The summed E-state index contributed by atoms with van der Waals surface area (Å²) in [4.78, 5) is 92.7. The van der Waals surface area contributed by atoms with E-state index in [9.17, 15) is 33.9 Å². The fraction of sp³-hybridized carbons (Fsp3) is 0.644. The maximum Gasteiger partial charge on any atom is 0.310 e. The van der Waals surface area contributed by atoms with Gasteiger partial charge in [0.05, 0.1) is 18.2 Å². The minimum Gasteiger partial charge on any atom is -0.460 e. The normalized spacial score (nSPS) is 20.7. The molecule has 1 aliphatic carbocycles. The molecule has 12 nitrogen and oxygen atoms in total. The second-order valence-corrected chi connectivity index (χ2v) is 17.8. The third kappa shape index (κ3) is 12.3. The molecule has 57 heavy (non-hydrogen) atoms. The van der Waals surface area contributed by atoms with Crippen molar-refractivity contribution < 1.29 is 38.6 Å².